The van der Waals surface area contributed by atoms with Crippen molar-refractivity contribution < 1.29 is 19.1 Å². The Hall–Kier alpha value is -3.79. The van der Waals surface area contributed by atoms with Crippen molar-refractivity contribution in [3.05, 3.63) is 52.7 Å². The normalized spacial score (nSPS) is 10.5. The van der Waals surface area contributed by atoms with Crippen molar-refractivity contribution in [2.45, 2.75) is 13.5 Å². The van der Waals surface area contributed by atoms with Gasteiger partial charge in [0, 0.05) is 16.8 Å². The van der Waals surface area contributed by atoms with Crippen LogP contribution in [0.3, 0.4) is 0 Å². The molecule has 2 aromatic carbocycles. The van der Waals surface area contributed by atoms with Gasteiger partial charge < -0.3 is 25.8 Å². The molecule has 0 saturated heterocycles. The quantitative estimate of drug-likeness (QED) is 0.510. The largest absolute Gasteiger partial charge is 0.497 e. The number of hydrogen-bond acceptors (Lipinski definition) is 7. The van der Waals surface area contributed by atoms with Crippen LogP contribution in [-0.4, -0.2) is 41.0 Å². The highest BCUT2D eigenvalue weighted by atomic mass is 35.5. The smallest absolute Gasteiger partial charge is 0.280 e. The van der Waals surface area contributed by atoms with Crippen molar-refractivity contribution >= 4 is 40.6 Å². The minimum atomic E-state index is -0.610. The van der Waals surface area contributed by atoms with Crippen LogP contribution in [0.2, 0.25) is 5.02 Å². The van der Waals surface area contributed by atoms with Crippen molar-refractivity contribution in [1.29, 1.82) is 0 Å². The van der Waals surface area contributed by atoms with E-state index in [2.05, 4.69) is 20.9 Å². The van der Waals surface area contributed by atoms with Gasteiger partial charge >= 0.3 is 0 Å². The number of aryl methyl sites for hydroxylation is 1. The summed E-state index contributed by atoms with van der Waals surface area (Å²) >= 11 is 5.97. The Bertz CT molecular complexity index is 1130. The van der Waals surface area contributed by atoms with Crippen LogP contribution in [0, 0.1) is 6.92 Å². The Kier molecular flexibility index (Phi) is 6.61. The molecule has 0 aliphatic carbocycles. The summed E-state index contributed by atoms with van der Waals surface area (Å²) in [5.74, 6) is -0.112. The number of ether oxygens (including phenoxy) is 2. The molecule has 0 saturated carbocycles. The number of aromatic nitrogens is 3. The molecule has 31 heavy (non-hydrogen) atoms. The lowest BCUT2D eigenvalue weighted by Gasteiger charge is -2.11. The maximum absolute atomic E-state index is 12.7. The Morgan fingerprint density at radius 3 is 2.58 bits per heavy atom. The molecule has 0 aliphatic rings. The molecular weight excluding hydrogens is 424 g/mol. The molecule has 0 radical (unpaired) electrons. The van der Waals surface area contributed by atoms with Gasteiger partial charge in [0.05, 0.1) is 19.9 Å². The minimum Gasteiger partial charge on any atom is -0.497 e. The summed E-state index contributed by atoms with van der Waals surface area (Å²) in [6, 6.07) is 10.1. The maximum Gasteiger partial charge on any atom is 0.280 e. The molecule has 10 nitrogen and oxygen atoms in total. The highest BCUT2D eigenvalue weighted by molar-refractivity contribution is 6.31. The lowest BCUT2D eigenvalue weighted by molar-refractivity contribution is -0.116. The van der Waals surface area contributed by atoms with E-state index < -0.39 is 11.8 Å². The zero-order chi connectivity index (χ0) is 22.5. The lowest BCUT2D eigenvalue weighted by Crippen LogP contribution is -2.22. The fourth-order valence-electron chi connectivity index (χ4n) is 2.75. The number of methoxy groups -OCH3 is 2. The molecule has 0 atom stereocenters. The van der Waals surface area contributed by atoms with Crippen molar-refractivity contribution in [2.75, 3.05) is 30.6 Å². The van der Waals surface area contributed by atoms with E-state index in [1.54, 1.807) is 36.4 Å². The van der Waals surface area contributed by atoms with E-state index in [9.17, 15) is 9.59 Å². The SMILES string of the molecule is COc1ccc(OC)c(NC(=O)c2nnn(CC(=O)Nc3cc(Cl)ccc3C)c2N)c1. The second-order valence-electron chi connectivity index (χ2n) is 6.51. The summed E-state index contributed by atoms with van der Waals surface area (Å²) in [6.45, 7) is 1.60. The highest BCUT2D eigenvalue weighted by Gasteiger charge is 2.20. The summed E-state index contributed by atoms with van der Waals surface area (Å²) in [6.07, 6.45) is 0. The third-order valence-electron chi connectivity index (χ3n) is 4.41. The number of rotatable bonds is 7. The van der Waals surface area contributed by atoms with Crippen LogP contribution in [0.1, 0.15) is 16.1 Å². The molecule has 0 bridgehead atoms. The van der Waals surface area contributed by atoms with Crippen LogP contribution in [0.15, 0.2) is 36.4 Å². The Labute approximate surface area is 183 Å². The third kappa shape index (κ3) is 5.04. The molecule has 162 valence electrons. The Morgan fingerprint density at radius 2 is 1.87 bits per heavy atom. The molecule has 3 rings (SSSR count). The first kappa shape index (κ1) is 21.9. The zero-order valence-corrected chi connectivity index (χ0v) is 17.9. The van der Waals surface area contributed by atoms with E-state index in [4.69, 9.17) is 26.8 Å². The molecule has 11 heteroatoms. The highest BCUT2D eigenvalue weighted by Crippen LogP contribution is 2.29. The number of amides is 2. The number of halogens is 1. The van der Waals surface area contributed by atoms with Crippen molar-refractivity contribution in [3.8, 4) is 11.5 Å². The van der Waals surface area contributed by atoms with Crippen LogP contribution >= 0.6 is 11.6 Å². The van der Waals surface area contributed by atoms with Crippen molar-refractivity contribution in [2.24, 2.45) is 0 Å². The molecule has 0 unspecified atom stereocenters. The van der Waals surface area contributed by atoms with Crippen molar-refractivity contribution in [1.82, 2.24) is 15.0 Å². The molecule has 0 fully saturated rings. The Balaban J connectivity index is 1.73. The average Bonchev–Trinajstić information content (AvgIpc) is 3.10. The predicted octanol–water partition coefficient (Wildman–Crippen LogP) is 2.73. The van der Waals surface area contributed by atoms with Crippen LogP contribution in [0.4, 0.5) is 17.2 Å². The molecular formula is C20H21ClN6O4. The summed E-state index contributed by atoms with van der Waals surface area (Å²) in [4.78, 5) is 25.0. The number of carbonyl (C=O) groups excluding carboxylic acids is 2. The van der Waals surface area contributed by atoms with Gasteiger partial charge in [0.25, 0.3) is 5.91 Å². The fraction of sp³-hybridized carbons (Fsp3) is 0.200. The van der Waals surface area contributed by atoms with Crippen LogP contribution in [0.25, 0.3) is 0 Å². The number of nitrogens with zero attached hydrogens (tertiary/aromatic N) is 3. The molecule has 1 aromatic heterocycles. The number of carbonyl (C=O) groups is 2. The van der Waals surface area contributed by atoms with Gasteiger partial charge in [0.15, 0.2) is 11.5 Å². The third-order valence-corrected chi connectivity index (χ3v) is 4.65. The second-order valence-corrected chi connectivity index (χ2v) is 6.95. The van der Waals surface area contributed by atoms with Gasteiger partial charge in [-0.05, 0) is 36.8 Å². The summed E-state index contributed by atoms with van der Waals surface area (Å²) in [5, 5.41) is 13.5. The van der Waals surface area contributed by atoms with Gasteiger partial charge in [-0.15, -0.1) is 5.10 Å². The average molecular weight is 445 g/mol. The van der Waals surface area contributed by atoms with Crippen LogP contribution in [0.5, 0.6) is 11.5 Å². The van der Waals surface area contributed by atoms with Gasteiger partial charge in [0.1, 0.15) is 18.0 Å². The van der Waals surface area contributed by atoms with E-state index in [0.717, 1.165) is 10.2 Å². The first-order chi connectivity index (χ1) is 14.8. The summed E-state index contributed by atoms with van der Waals surface area (Å²) < 4.78 is 11.5. The minimum absolute atomic E-state index is 0.0580. The zero-order valence-electron chi connectivity index (χ0n) is 17.1. The van der Waals surface area contributed by atoms with Gasteiger partial charge in [0.2, 0.25) is 5.91 Å². The van der Waals surface area contributed by atoms with Crippen LogP contribution < -0.4 is 25.8 Å². The number of nitrogen functional groups attached to an aromatic ring is 1. The Morgan fingerprint density at radius 1 is 1.10 bits per heavy atom. The van der Waals surface area contributed by atoms with E-state index in [-0.39, 0.29) is 18.1 Å². The van der Waals surface area contributed by atoms with Gasteiger partial charge in [-0.3, -0.25) is 9.59 Å². The number of benzene rings is 2. The van der Waals surface area contributed by atoms with E-state index in [1.807, 2.05) is 6.92 Å². The van der Waals surface area contributed by atoms with Gasteiger partial charge in [-0.1, -0.05) is 22.9 Å². The van der Waals surface area contributed by atoms with Gasteiger partial charge in [-0.2, -0.15) is 0 Å². The number of anilines is 3. The predicted molar refractivity (Wildman–Crippen MR) is 117 cm³/mol. The second kappa shape index (κ2) is 9.35. The first-order valence-corrected chi connectivity index (χ1v) is 9.48. The lowest BCUT2D eigenvalue weighted by atomic mass is 10.2. The molecule has 1 heterocycles. The fourth-order valence-corrected chi connectivity index (χ4v) is 2.92. The molecule has 2 amide bonds. The first-order valence-electron chi connectivity index (χ1n) is 9.10. The van der Waals surface area contributed by atoms with Crippen LogP contribution in [-0.2, 0) is 11.3 Å². The maximum atomic E-state index is 12.7. The summed E-state index contributed by atoms with van der Waals surface area (Å²) in [7, 11) is 2.98. The number of nitrogens with two attached hydrogens (primary N) is 1. The summed E-state index contributed by atoms with van der Waals surface area (Å²) in [5.41, 5.74) is 7.66. The van der Waals surface area contributed by atoms with E-state index in [0.29, 0.717) is 27.9 Å². The molecule has 4 N–H and O–H groups in total. The topological polar surface area (TPSA) is 133 Å². The van der Waals surface area contributed by atoms with E-state index >= 15 is 0 Å². The monoisotopic (exact) mass is 444 g/mol. The molecule has 3 aromatic rings. The van der Waals surface area contributed by atoms with E-state index in [1.165, 1.54) is 14.2 Å². The van der Waals surface area contributed by atoms with Gasteiger partial charge in [-0.25, -0.2) is 4.68 Å². The number of nitrogens with one attached hydrogen (secondary N) is 2. The molecule has 0 aliphatic heterocycles. The van der Waals surface area contributed by atoms with Crippen molar-refractivity contribution in [3.63, 3.8) is 0 Å². The number of hydrogen-bond donors (Lipinski definition) is 3. The molecule has 0 spiro atoms. The standard InChI is InChI=1S/C20H21ClN6O4/c1-11-4-5-12(21)8-14(11)23-17(28)10-27-19(22)18(25-26-27)20(29)24-15-9-13(30-2)6-7-16(15)31-3/h4-9H,10,22H2,1-3H3,(H,23,28)(H,24,29).